The van der Waals surface area contributed by atoms with Crippen LogP contribution in [-0.2, 0) is 6.54 Å². The molecule has 1 aliphatic heterocycles. The summed E-state index contributed by atoms with van der Waals surface area (Å²) in [6, 6.07) is 3.31. The second kappa shape index (κ2) is 6.64. The minimum absolute atomic E-state index is 0.395. The van der Waals surface area contributed by atoms with E-state index in [0.29, 0.717) is 18.0 Å². The van der Waals surface area contributed by atoms with Gasteiger partial charge in [-0.3, -0.25) is 9.80 Å². The first-order chi connectivity index (χ1) is 9.47. The van der Waals surface area contributed by atoms with Gasteiger partial charge in [0.25, 0.3) is 0 Å². The van der Waals surface area contributed by atoms with Crippen LogP contribution in [0.25, 0.3) is 0 Å². The Hall–Kier alpha value is -1.00. The van der Waals surface area contributed by atoms with Gasteiger partial charge in [-0.2, -0.15) is 0 Å². The van der Waals surface area contributed by atoms with Crippen molar-refractivity contribution in [1.29, 1.82) is 0 Å². The Bertz CT molecular complexity index is 430. The van der Waals surface area contributed by atoms with Gasteiger partial charge < -0.3 is 0 Å². The Kier molecular flexibility index (Phi) is 5.11. The number of nitrogens with zero attached hydrogens (tertiary/aromatic N) is 4. The highest BCUT2D eigenvalue weighted by Gasteiger charge is 2.25. The van der Waals surface area contributed by atoms with E-state index in [0.717, 1.165) is 37.7 Å². The third kappa shape index (κ3) is 3.76. The van der Waals surface area contributed by atoms with Gasteiger partial charge in [-0.05, 0) is 26.8 Å². The van der Waals surface area contributed by atoms with E-state index < -0.39 is 0 Å². The maximum Gasteiger partial charge on any atom is 0.131 e. The average molecular weight is 276 g/mol. The minimum atomic E-state index is 0.395. The Labute approximate surface area is 123 Å². The van der Waals surface area contributed by atoms with Crippen molar-refractivity contribution >= 4 is 0 Å². The first kappa shape index (κ1) is 15.4. The van der Waals surface area contributed by atoms with Crippen molar-refractivity contribution in [3.63, 3.8) is 0 Å². The average Bonchev–Trinajstić information content (AvgIpc) is 2.38. The highest BCUT2D eigenvalue weighted by Crippen LogP contribution is 2.15. The van der Waals surface area contributed by atoms with E-state index in [-0.39, 0.29) is 0 Å². The van der Waals surface area contributed by atoms with Crippen LogP contribution in [0.2, 0.25) is 0 Å². The predicted molar refractivity (Wildman–Crippen MR) is 82.7 cm³/mol. The summed E-state index contributed by atoms with van der Waals surface area (Å²) in [5.41, 5.74) is 1.15. The molecule has 0 unspecified atom stereocenters. The molecule has 0 amide bonds. The van der Waals surface area contributed by atoms with Gasteiger partial charge in [0, 0.05) is 50.4 Å². The van der Waals surface area contributed by atoms with Crippen molar-refractivity contribution in [2.45, 2.75) is 59.2 Å². The van der Waals surface area contributed by atoms with Crippen molar-refractivity contribution in [1.82, 2.24) is 19.8 Å². The lowest BCUT2D eigenvalue weighted by Crippen LogP contribution is -2.53. The topological polar surface area (TPSA) is 32.3 Å². The summed E-state index contributed by atoms with van der Waals surface area (Å²) >= 11 is 0. The summed E-state index contributed by atoms with van der Waals surface area (Å²) in [5.74, 6) is 1.35. The minimum Gasteiger partial charge on any atom is -0.296 e. The van der Waals surface area contributed by atoms with E-state index in [4.69, 9.17) is 0 Å². The maximum absolute atomic E-state index is 4.68. The lowest BCUT2D eigenvalue weighted by atomic mass is 10.1. The number of rotatable bonds is 4. The summed E-state index contributed by atoms with van der Waals surface area (Å²) in [7, 11) is 0. The van der Waals surface area contributed by atoms with E-state index in [1.165, 1.54) is 0 Å². The van der Waals surface area contributed by atoms with E-state index >= 15 is 0 Å². The van der Waals surface area contributed by atoms with Crippen molar-refractivity contribution in [2.24, 2.45) is 0 Å². The molecule has 112 valence electrons. The summed E-state index contributed by atoms with van der Waals surface area (Å²) in [4.78, 5) is 14.1. The molecule has 4 nitrogen and oxygen atoms in total. The van der Waals surface area contributed by atoms with Gasteiger partial charge in [0.2, 0.25) is 0 Å². The molecule has 0 N–H and O–H groups in total. The molecule has 0 saturated carbocycles. The predicted octanol–water partition coefficient (Wildman–Crippen LogP) is 2.51. The van der Waals surface area contributed by atoms with Gasteiger partial charge in [-0.15, -0.1) is 0 Å². The Morgan fingerprint density at radius 1 is 1.25 bits per heavy atom. The molecule has 0 aliphatic carbocycles. The van der Waals surface area contributed by atoms with Gasteiger partial charge in [-0.1, -0.05) is 13.8 Å². The fraction of sp³-hybridized carbons (Fsp3) is 0.750. The van der Waals surface area contributed by atoms with E-state index in [2.05, 4.69) is 54.4 Å². The standard InChI is InChI=1S/C16H28N4/c1-12(2)16-17-7-6-15(18-16)11-19-8-9-20(13(3)4)14(5)10-19/h6-7,12-14H,8-11H2,1-5H3/t14-/m0/s1. The summed E-state index contributed by atoms with van der Waals surface area (Å²) in [6.07, 6.45) is 1.89. The molecule has 0 bridgehead atoms. The molecule has 20 heavy (non-hydrogen) atoms. The molecule has 1 aliphatic rings. The Balaban J connectivity index is 1.96. The molecule has 1 aromatic rings. The molecule has 0 spiro atoms. The number of hydrogen-bond donors (Lipinski definition) is 0. The largest absolute Gasteiger partial charge is 0.296 e. The van der Waals surface area contributed by atoms with Gasteiger partial charge in [0.15, 0.2) is 0 Å². The second-order valence-electron chi connectivity index (χ2n) is 6.48. The van der Waals surface area contributed by atoms with Crippen LogP contribution in [0.5, 0.6) is 0 Å². The van der Waals surface area contributed by atoms with Crippen LogP contribution in [0.15, 0.2) is 12.3 Å². The summed E-state index contributed by atoms with van der Waals surface area (Å²) in [6.45, 7) is 15.5. The van der Waals surface area contributed by atoms with Gasteiger partial charge in [-0.25, -0.2) is 9.97 Å². The fourth-order valence-electron chi connectivity index (χ4n) is 2.97. The first-order valence-corrected chi connectivity index (χ1v) is 7.77. The lowest BCUT2D eigenvalue weighted by molar-refractivity contribution is 0.0558. The molecule has 0 aromatic carbocycles. The zero-order chi connectivity index (χ0) is 14.7. The van der Waals surface area contributed by atoms with Crippen LogP contribution in [0.1, 0.15) is 52.1 Å². The van der Waals surface area contributed by atoms with Gasteiger partial charge in [0.1, 0.15) is 5.82 Å². The SMILES string of the molecule is CC(C)c1nccc(CN2CCN(C(C)C)[C@@H](C)C2)n1. The molecular formula is C16H28N4. The van der Waals surface area contributed by atoms with E-state index in [1.807, 2.05) is 12.3 Å². The zero-order valence-corrected chi connectivity index (χ0v) is 13.5. The fourth-order valence-corrected chi connectivity index (χ4v) is 2.97. The molecular weight excluding hydrogens is 248 g/mol. The molecule has 2 rings (SSSR count). The second-order valence-corrected chi connectivity index (χ2v) is 6.48. The Morgan fingerprint density at radius 2 is 2.00 bits per heavy atom. The van der Waals surface area contributed by atoms with Crippen molar-refractivity contribution in [3.05, 3.63) is 23.8 Å². The van der Waals surface area contributed by atoms with Gasteiger partial charge >= 0.3 is 0 Å². The quantitative estimate of drug-likeness (QED) is 0.846. The normalized spacial score (nSPS) is 21.9. The van der Waals surface area contributed by atoms with Crippen molar-refractivity contribution in [2.75, 3.05) is 19.6 Å². The van der Waals surface area contributed by atoms with Crippen LogP contribution < -0.4 is 0 Å². The molecule has 2 heterocycles. The molecule has 4 heteroatoms. The molecule has 0 radical (unpaired) electrons. The summed E-state index contributed by atoms with van der Waals surface area (Å²) < 4.78 is 0. The van der Waals surface area contributed by atoms with Crippen LogP contribution in [-0.4, -0.2) is 51.5 Å². The third-order valence-corrected chi connectivity index (χ3v) is 4.06. The molecule has 1 atom stereocenters. The molecule has 1 aromatic heterocycles. The number of hydrogen-bond acceptors (Lipinski definition) is 4. The van der Waals surface area contributed by atoms with Crippen molar-refractivity contribution in [3.8, 4) is 0 Å². The van der Waals surface area contributed by atoms with Crippen LogP contribution >= 0.6 is 0 Å². The van der Waals surface area contributed by atoms with Crippen LogP contribution in [0, 0.1) is 0 Å². The lowest BCUT2D eigenvalue weighted by Gasteiger charge is -2.42. The van der Waals surface area contributed by atoms with E-state index in [1.54, 1.807) is 0 Å². The monoisotopic (exact) mass is 276 g/mol. The summed E-state index contributed by atoms with van der Waals surface area (Å²) in [5, 5.41) is 0. The smallest absolute Gasteiger partial charge is 0.131 e. The highest BCUT2D eigenvalue weighted by atomic mass is 15.3. The molecule has 1 fully saturated rings. The van der Waals surface area contributed by atoms with Crippen molar-refractivity contribution < 1.29 is 0 Å². The number of piperazine rings is 1. The van der Waals surface area contributed by atoms with E-state index in [9.17, 15) is 0 Å². The zero-order valence-electron chi connectivity index (χ0n) is 13.5. The Morgan fingerprint density at radius 3 is 2.60 bits per heavy atom. The van der Waals surface area contributed by atoms with Crippen LogP contribution in [0.3, 0.4) is 0 Å². The first-order valence-electron chi connectivity index (χ1n) is 7.77. The molecule has 1 saturated heterocycles. The third-order valence-electron chi connectivity index (χ3n) is 4.06. The highest BCUT2D eigenvalue weighted by molar-refractivity contribution is 5.05. The van der Waals surface area contributed by atoms with Gasteiger partial charge in [0.05, 0.1) is 5.69 Å². The maximum atomic E-state index is 4.68. The number of aromatic nitrogens is 2. The van der Waals surface area contributed by atoms with Crippen LogP contribution in [0.4, 0.5) is 0 Å².